The number of nitrogens with one attached hydrogen (secondary N) is 1. The highest BCUT2D eigenvalue weighted by Crippen LogP contribution is 2.25. The van der Waals surface area contributed by atoms with E-state index in [4.69, 9.17) is 0 Å². The van der Waals surface area contributed by atoms with E-state index in [1.165, 1.54) is 6.08 Å². The highest BCUT2D eigenvalue weighted by molar-refractivity contribution is 6.01. The standard InChI is InChI=1S/C18H23N3O3/c1-5-15(22)19-14-9-7-13(8-10-14)16(23)21-12-11-20(6-2)17(24)18(21,3)4/h5,7-10H,1,6,11-12H2,2-4H3,(H,19,22). The highest BCUT2D eigenvalue weighted by atomic mass is 16.2. The van der Waals surface area contributed by atoms with Crippen molar-refractivity contribution in [2.75, 3.05) is 25.0 Å². The van der Waals surface area contributed by atoms with E-state index >= 15 is 0 Å². The molecule has 1 heterocycles. The molecule has 6 nitrogen and oxygen atoms in total. The van der Waals surface area contributed by atoms with Crippen LogP contribution in [0.2, 0.25) is 0 Å². The van der Waals surface area contributed by atoms with Crippen molar-refractivity contribution in [3.05, 3.63) is 42.5 Å². The van der Waals surface area contributed by atoms with Gasteiger partial charge in [0, 0.05) is 30.9 Å². The molecule has 0 saturated carbocycles. The minimum Gasteiger partial charge on any atom is -0.339 e. The summed E-state index contributed by atoms with van der Waals surface area (Å²) < 4.78 is 0. The molecular weight excluding hydrogens is 306 g/mol. The molecule has 24 heavy (non-hydrogen) atoms. The van der Waals surface area contributed by atoms with E-state index in [9.17, 15) is 14.4 Å². The number of benzene rings is 1. The van der Waals surface area contributed by atoms with Crippen molar-refractivity contribution in [1.82, 2.24) is 9.80 Å². The van der Waals surface area contributed by atoms with Crippen LogP contribution >= 0.6 is 0 Å². The number of amides is 3. The normalized spacial score (nSPS) is 16.7. The minimum atomic E-state index is -0.874. The van der Waals surface area contributed by atoms with Crippen LogP contribution in [-0.4, -0.2) is 52.7 Å². The molecule has 1 aliphatic rings. The van der Waals surface area contributed by atoms with Gasteiger partial charge in [-0.1, -0.05) is 6.58 Å². The third-order valence-corrected chi connectivity index (χ3v) is 4.29. The maximum absolute atomic E-state index is 12.8. The second-order valence-corrected chi connectivity index (χ2v) is 6.17. The number of likely N-dealkylation sites (N-methyl/N-ethyl adjacent to an activating group) is 1. The Balaban J connectivity index is 2.18. The molecule has 0 unspecified atom stereocenters. The monoisotopic (exact) mass is 329 g/mol. The van der Waals surface area contributed by atoms with Gasteiger partial charge in [-0.15, -0.1) is 0 Å². The lowest BCUT2D eigenvalue weighted by Crippen LogP contribution is -2.64. The van der Waals surface area contributed by atoms with Gasteiger partial charge in [-0.05, 0) is 51.1 Å². The molecule has 0 spiro atoms. The van der Waals surface area contributed by atoms with Crippen molar-refractivity contribution >= 4 is 23.4 Å². The highest BCUT2D eigenvalue weighted by Gasteiger charge is 2.43. The van der Waals surface area contributed by atoms with Gasteiger partial charge in [-0.25, -0.2) is 0 Å². The average Bonchev–Trinajstić information content (AvgIpc) is 2.57. The predicted molar refractivity (Wildman–Crippen MR) is 92.6 cm³/mol. The van der Waals surface area contributed by atoms with E-state index in [0.29, 0.717) is 30.9 Å². The maximum atomic E-state index is 12.8. The van der Waals surface area contributed by atoms with Gasteiger partial charge in [0.25, 0.3) is 5.91 Å². The first-order chi connectivity index (χ1) is 11.3. The molecule has 1 aromatic carbocycles. The van der Waals surface area contributed by atoms with Gasteiger partial charge in [0.1, 0.15) is 5.54 Å². The van der Waals surface area contributed by atoms with E-state index in [2.05, 4.69) is 11.9 Å². The fraction of sp³-hybridized carbons (Fsp3) is 0.389. The molecule has 6 heteroatoms. The second-order valence-electron chi connectivity index (χ2n) is 6.17. The molecule has 0 aromatic heterocycles. The molecule has 1 aliphatic heterocycles. The molecule has 128 valence electrons. The van der Waals surface area contributed by atoms with Crippen LogP contribution in [0.1, 0.15) is 31.1 Å². The molecule has 1 aromatic rings. The lowest BCUT2D eigenvalue weighted by atomic mass is 9.96. The summed E-state index contributed by atoms with van der Waals surface area (Å²) in [6.45, 7) is 10.5. The Bertz CT molecular complexity index is 665. The molecule has 0 radical (unpaired) electrons. The first-order valence-electron chi connectivity index (χ1n) is 7.96. The Kier molecular flexibility index (Phi) is 5.07. The summed E-state index contributed by atoms with van der Waals surface area (Å²) in [7, 11) is 0. The van der Waals surface area contributed by atoms with Crippen LogP contribution in [0, 0.1) is 0 Å². The van der Waals surface area contributed by atoms with E-state index in [0.717, 1.165) is 0 Å². The Morgan fingerprint density at radius 1 is 1.25 bits per heavy atom. The zero-order valence-electron chi connectivity index (χ0n) is 14.3. The molecule has 1 fully saturated rings. The van der Waals surface area contributed by atoms with Gasteiger partial charge >= 0.3 is 0 Å². The third-order valence-electron chi connectivity index (χ3n) is 4.29. The fourth-order valence-corrected chi connectivity index (χ4v) is 2.81. The number of rotatable bonds is 4. The van der Waals surface area contributed by atoms with Crippen LogP contribution in [0.25, 0.3) is 0 Å². The number of piperazine rings is 1. The summed E-state index contributed by atoms with van der Waals surface area (Å²) in [6.07, 6.45) is 1.18. The van der Waals surface area contributed by atoms with E-state index in [-0.39, 0.29) is 17.7 Å². The Hall–Kier alpha value is -2.63. The van der Waals surface area contributed by atoms with Crippen LogP contribution in [0.3, 0.4) is 0 Å². The van der Waals surface area contributed by atoms with Crippen LogP contribution in [0.4, 0.5) is 5.69 Å². The summed E-state index contributed by atoms with van der Waals surface area (Å²) in [4.78, 5) is 40.0. The largest absolute Gasteiger partial charge is 0.339 e. The predicted octanol–water partition coefficient (Wildman–Crippen LogP) is 1.89. The zero-order valence-corrected chi connectivity index (χ0v) is 14.3. The molecule has 0 atom stereocenters. The first-order valence-corrected chi connectivity index (χ1v) is 7.96. The number of nitrogens with zero attached hydrogens (tertiary/aromatic N) is 2. The molecule has 3 amide bonds. The van der Waals surface area contributed by atoms with Gasteiger partial charge < -0.3 is 15.1 Å². The van der Waals surface area contributed by atoms with Gasteiger partial charge in [0.05, 0.1) is 0 Å². The molecular formula is C18H23N3O3. The number of hydrogen-bond acceptors (Lipinski definition) is 3. The molecule has 2 rings (SSSR count). The van der Waals surface area contributed by atoms with Gasteiger partial charge in [-0.3, -0.25) is 14.4 Å². The smallest absolute Gasteiger partial charge is 0.254 e. The Labute approximate surface area is 142 Å². The fourth-order valence-electron chi connectivity index (χ4n) is 2.81. The number of carbonyl (C=O) groups is 3. The summed E-state index contributed by atoms with van der Waals surface area (Å²) in [5.74, 6) is -0.540. The number of carbonyl (C=O) groups excluding carboxylic acids is 3. The Morgan fingerprint density at radius 2 is 1.88 bits per heavy atom. The SMILES string of the molecule is C=CC(=O)Nc1ccc(C(=O)N2CCN(CC)C(=O)C2(C)C)cc1. The average molecular weight is 329 g/mol. The molecule has 0 aliphatic carbocycles. The molecule has 1 N–H and O–H groups in total. The summed E-state index contributed by atoms with van der Waals surface area (Å²) in [5, 5.41) is 2.63. The number of anilines is 1. The lowest BCUT2D eigenvalue weighted by Gasteiger charge is -2.45. The Morgan fingerprint density at radius 3 is 2.42 bits per heavy atom. The van der Waals surface area contributed by atoms with Crippen molar-refractivity contribution in [1.29, 1.82) is 0 Å². The van der Waals surface area contributed by atoms with Crippen LogP contribution in [0.5, 0.6) is 0 Å². The van der Waals surface area contributed by atoms with Gasteiger partial charge in [-0.2, -0.15) is 0 Å². The summed E-state index contributed by atoms with van der Waals surface area (Å²) >= 11 is 0. The minimum absolute atomic E-state index is 0.0422. The van der Waals surface area contributed by atoms with Crippen molar-refractivity contribution < 1.29 is 14.4 Å². The van der Waals surface area contributed by atoms with E-state index in [1.807, 2.05) is 6.92 Å². The van der Waals surface area contributed by atoms with Crippen LogP contribution < -0.4 is 5.32 Å². The summed E-state index contributed by atoms with van der Waals surface area (Å²) in [5.41, 5.74) is 0.196. The first kappa shape index (κ1) is 17.7. The number of hydrogen-bond donors (Lipinski definition) is 1. The van der Waals surface area contributed by atoms with E-state index in [1.54, 1.807) is 47.9 Å². The van der Waals surface area contributed by atoms with Crippen LogP contribution in [-0.2, 0) is 9.59 Å². The third kappa shape index (κ3) is 3.32. The second kappa shape index (κ2) is 6.86. The van der Waals surface area contributed by atoms with E-state index < -0.39 is 5.54 Å². The zero-order chi connectivity index (χ0) is 17.9. The van der Waals surface area contributed by atoms with Crippen molar-refractivity contribution in [3.8, 4) is 0 Å². The quantitative estimate of drug-likeness (QED) is 0.858. The topological polar surface area (TPSA) is 69.7 Å². The molecule has 1 saturated heterocycles. The molecule has 0 bridgehead atoms. The van der Waals surface area contributed by atoms with Gasteiger partial charge in [0.2, 0.25) is 11.8 Å². The van der Waals surface area contributed by atoms with Gasteiger partial charge in [0.15, 0.2) is 0 Å². The maximum Gasteiger partial charge on any atom is 0.254 e. The lowest BCUT2D eigenvalue weighted by molar-refractivity contribution is -0.146. The van der Waals surface area contributed by atoms with Crippen molar-refractivity contribution in [2.24, 2.45) is 0 Å². The van der Waals surface area contributed by atoms with Crippen LogP contribution in [0.15, 0.2) is 36.9 Å². The van der Waals surface area contributed by atoms with Crippen molar-refractivity contribution in [3.63, 3.8) is 0 Å². The summed E-state index contributed by atoms with van der Waals surface area (Å²) in [6, 6.07) is 6.61. The van der Waals surface area contributed by atoms with Crippen molar-refractivity contribution in [2.45, 2.75) is 26.3 Å².